The largest absolute Gasteiger partial charge is 0.382 e. The van der Waals surface area contributed by atoms with Gasteiger partial charge in [-0.05, 0) is 58.4 Å². The third-order valence-corrected chi connectivity index (χ3v) is 7.59. The molecule has 162 valence electrons. The van der Waals surface area contributed by atoms with Crippen LogP contribution in [0.25, 0.3) is 10.2 Å². The first-order chi connectivity index (χ1) is 14.4. The van der Waals surface area contributed by atoms with E-state index >= 15 is 0 Å². The molecule has 0 unspecified atom stereocenters. The minimum absolute atomic E-state index is 0.0643. The molecule has 1 saturated carbocycles. The number of hydrogen-bond donors (Lipinski definition) is 1. The molecule has 2 aromatic rings. The molecular formula is C21H28N4O3S2. The van der Waals surface area contributed by atoms with Gasteiger partial charge >= 0.3 is 0 Å². The Hall–Kier alpha value is -1.89. The Morgan fingerprint density at radius 1 is 1.40 bits per heavy atom. The maximum Gasteiger partial charge on any atom is 0.263 e. The number of rotatable bonds is 9. The van der Waals surface area contributed by atoms with Gasteiger partial charge in [-0.2, -0.15) is 5.26 Å². The lowest BCUT2D eigenvalue weighted by molar-refractivity contribution is -0.119. The normalized spacial score (nSPS) is 15.4. The van der Waals surface area contributed by atoms with E-state index in [0.29, 0.717) is 54.4 Å². The molecule has 0 spiro atoms. The molecule has 1 fully saturated rings. The van der Waals surface area contributed by atoms with Crippen LogP contribution in [0.15, 0.2) is 9.95 Å². The summed E-state index contributed by atoms with van der Waals surface area (Å²) in [4.78, 5) is 32.2. The standard InChI is InChI=1S/C21H28N4O3S2/c1-4-28-11-7-10-25-19(27)17-14(2)15(3)30-18(17)23-20(25)29-12-16(26)24-21(13-22)8-5-6-9-21/h4-12H2,1-3H3,(H,24,26). The number of carbonyl (C=O) groups is 1. The van der Waals surface area contributed by atoms with E-state index in [4.69, 9.17) is 9.72 Å². The SMILES string of the molecule is CCOCCCn1c(SCC(=O)NC2(C#N)CCCC2)nc2sc(C)c(C)c2c1=O. The Balaban J connectivity index is 1.81. The third kappa shape index (κ3) is 4.88. The number of hydrogen-bond acceptors (Lipinski definition) is 7. The molecule has 2 heterocycles. The second-order valence-electron chi connectivity index (χ2n) is 7.60. The van der Waals surface area contributed by atoms with Crippen LogP contribution in [-0.2, 0) is 16.1 Å². The van der Waals surface area contributed by atoms with Gasteiger partial charge in [0.05, 0.1) is 17.2 Å². The van der Waals surface area contributed by atoms with Crippen LogP contribution in [0.3, 0.4) is 0 Å². The van der Waals surface area contributed by atoms with Crippen LogP contribution >= 0.6 is 23.1 Å². The highest BCUT2D eigenvalue weighted by molar-refractivity contribution is 7.99. The molecule has 7 nitrogen and oxygen atoms in total. The van der Waals surface area contributed by atoms with E-state index in [0.717, 1.165) is 23.3 Å². The lowest BCUT2D eigenvalue weighted by Crippen LogP contribution is -2.45. The van der Waals surface area contributed by atoms with Crippen LogP contribution in [0.4, 0.5) is 0 Å². The van der Waals surface area contributed by atoms with Gasteiger partial charge in [-0.15, -0.1) is 11.3 Å². The van der Waals surface area contributed by atoms with Crippen molar-refractivity contribution in [3.8, 4) is 6.07 Å². The van der Waals surface area contributed by atoms with Crippen LogP contribution in [-0.4, -0.2) is 40.0 Å². The van der Waals surface area contributed by atoms with Crippen molar-refractivity contribution in [3.05, 3.63) is 20.8 Å². The first-order valence-electron chi connectivity index (χ1n) is 10.3. The van der Waals surface area contributed by atoms with Gasteiger partial charge in [0.1, 0.15) is 10.4 Å². The predicted octanol–water partition coefficient (Wildman–Crippen LogP) is 3.55. The Morgan fingerprint density at radius 2 is 2.13 bits per heavy atom. The van der Waals surface area contributed by atoms with Gasteiger partial charge < -0.3 is 10.1 Å². The highest BCUT2D eigenvalue weighted by Crippen LogP contribution is 2.30. The maximum absolute atomic E-state index is 13.2. The molecule has 30 heavy (non-hydrogen) atoms. The van der Waals surface area contributed by atoms with Crippen molar-refractivity contribution in [1.29, 1.82) is 5.26 Å². The second kappa shape index (κ2) is 9.94. The second-order valence-corrected chi connectivity index (χ2v) is 9.75. The molecule has 3 rings (SSSR count). The summed E-state index contributed by atoms with van der Waals surface area (Å²) in [5, 5.41) is 13.6. The summed E-state index contributed by atoms with van der Waals surface area (Å²) < 4.78 is 7.07. The number of ether oxygens (including phenoxy) is 1. The molecule has 1 aliphatic rings. The van der Waals surface area contributed by atoms with Crippen LogP contribution in [0.2, 0.25) is 0 Å². The Morgan fingerprint density at radius 3 is 2.80 bits per heavy atom. The van der Waals surface area contributed by atoms with Gasteiger partial charge in [0.2, 0.25) is 5.91 Å². The lowest BCUT2D eigenvalue weighted by Gasteiger charge is -2.21. The fraction of sp³-hybridized carbons (Fsp3) is 0.619. The van der Waals surface area contributed by atoms with E-state index in [2.05, 4.69) is 11.4 Å². The van der Waals surface area contributed by atoms with Crippen molar-refractivity contribution in [2.24, 2.45) is 0 Å². The molecule has 1 aliphatic carbocycles. The molecule has 0 radical (unpaired) electrons. The minimum Gasteiger partial charge on any atom is -0.382 e. The Kier molecular flexibility index (Phi) is 7.55. The van der Waals surface area contributed by atoms with Crippen molar-refractivity contribution in [2.45, 2.75) is 70.1 Å². The highest BCUT2D eigenvalue weighted by Gasteiger charge is 2.35. The zero-order chi connectivity index (χ0) is 21.7. The number of nitrogens with one attached hydrogen (secondary N) is 1. The summed E-state index contributed by atoms with van der Waals surface area (Å²) in [5.74, 6) is -0.0758. The summed E-state index contributed by atoms with van der Waals surface area (Å²) in [5.41, 5.74) is 0.164. The highest BCUT2D eigenvalue weighted by atomic mass is 32.2. The maximum atomic E-state index is 13.2. The van der Waals surface area contributed by atoms with Crippen molar-refractivity contribution >= 4 is 39.2 Å². The number of nitrogens with zero attached hydrogens (tertiary/aromatic N) is 3. The van der Waals surface area contributed by atoms with Crippen molar-refractivity contribution < 1.29 is 9.53 Å². The minimum atomic E-state index is -0.742. The number of fused-ring (bicyclic) bond motifs is 1. The molecule has 0 bridgehead atoms. The van der Waals surface area contributed by atoms with Gasteiger partial charge in [0, 0.05) is 24.6 Å². The van der Waals surface area contributed by atoms with Gasteiger partial charge in [-0.3, -0.25) is 14.2 Å². The van der Waals surface area contributed by atoms with Gasteiger partial charge in [0.15, 0.2) is 5.16 Å². The molecule has 1 N–H and O–H groups in total. The van der Waals surface area contributed by atoms with E-state index in [1.54, 1.807) is 4.57 Å². The summed E-state index contributed by atoms with van der Waals surface area (Å²) in [6.07, 6.45) is 3.99. The topological polar surface area (TPSA) is 97.0 Å². The first kappa shape index (κ1) is 22.8. The van der Waals surface area contributed by atoms with Crippen molar-refractivity contribution in [3.63, 3.8) is 0 Å². The lowest BCUT2D eigenvalue weighted by atomic mass is 10.0. The number of carbonyl (C=O) groups excluding carboxylic acids is 1. The molecule has 9 heteroatoms. The first-order valence-corrected chi connectivity index (χ1v) is 12.1. The Bertz CT molecular complexity index is 1020. The summed E-state index contributed by atoms with van der Waals surface area (Å²) in [7, 11) is 0. The van der Waals surface area contributed by atoms with Crippen LogP contribution < -0.4 is 10.9 Å². The smallest absolute Gasteiger partial charge is 0.263 e. The number of thioether (sulfide) groups is 1. The van der Waals surface area contributed by atoms with E-state index in [-0.39, 0.29) is 17.2 Å². The number of amides is 1. The van der Waals surface area contributed by atoms with Gasteiger partial charge in [-0.1, -0.05) is 11.8 Å². The van der Waals surface area contributed by atoms with Crippen LogP contribution in [0, 0.1) is 25.2 Å². The molecular weight excluding hydrogens is 420 g/mol. The quantitative estimate of drug-likeness (QED) is 0.358. The molecule has 0 aromatic carbocycles. The number of nitriles is 1. The zero-order valence-corrected chi connectivity index (χ0v) is 19.4. The fourth-order valence-electron chi connectivity index (χ4n) is 3.76. The van der Waals surface area contributed by atoms with Gasteiger partial charge in [-0.25, -0.2) is 4.98 Å². The number of aryl methyl sites for hydroxylation is 2. The molecule has 2 aromatic heterocycles. The zero-order valence-electron chi connectivity index (χ0n) is 17.7. The molecule has 0 aliphatic heterocycles. The number of thiophene rings is 1. The van der Waals surface area contributed by atoms with E-state index in [1.807, 2.05) is 20.8 Å². The summed E-state index contributed by atoms with van der Waals surface area (Å²) in [6.45, 7) is 7.57. The van der Waals surface area contributed by atoms with Gasteiger partial charge in [0.25, 0.3) is 5.56 Å². The van der Waals surface area contributed by atoms with E-state index < -0.39 is 5.54 Å². The van der Waals surface area contributed by atoms with E-state index in [1.165, 1.54) is 23.1 Å². The molecule has 0 atom stereocenters. The van der Waals surface area contributed by atoms with Crippen LogP contribution in [0.5, 0.6) is 0 Å². The van der Waals surface area contributed by atoms with Crippen LogP contribution in [0.1, 0.15) is 49.5 Å². The average molecular weight is 449 g/mol. The Labute approximate surface area is 184 Å². The molecule has 1 amide bonds. The third-order valence-electron chi connectivity index (χ3n) is 5.51. The summed E-state index contributed by atoms with van der Waals surface area (Å²) >= 11 is 2.76. The van der Waals surface area contributed by atoms with Crippen molar-refractivity contribution in [1.82, 2.24) is 14.9 Å². The summed E-state index contributed by atoms with van der Waals surface area (Å²) in [6, 6.07) is 2.28. The monoisotopic (exact) mass is 448 g/mol. The van der Waals surface area contributed by atoms with Crippen molar-refractivity contribution in [2.75, 3.05) is 19.0 Å². The molecule has 0 saturated heterocycles. The predicted molar refractivity (Wildman–Crippen MR) is 120 cm³/mol. The average Bonchev–Trinajstić information content (AvgIpc) is 3.30. The fourth-order valence-corrected chi connectivity index (χ4v) is 5.66. The number of aromatic nitrogens is 2. The van der Waals surface area contributed by atoms with E-state index in [9.17, 15) is 14.9 Å².